The van der Waals surface area contributed by atoms with E-state index >= 15 is 0 Å². The number of hydrogen-bond acceptors (Lipinski definition) is 3. The summed E-state index contributed by atoms with van der Waals surface area (Å²) in [5, 5.41) is 6.86. The lowest BCUT2D eigenvalue weighted by atomic mass is 9.95. The van der Waals surface area contributed by atoms with Gasteiger partial charge in [0.2, 0.25) is 0 Å². The van der Waals surface area contributed by atoms with Crippen molar-refractivity contribution < 1.29 is 0 Å². The van der Waals surface area contributed by atoms with Crippen molar-refractivity contribution in [3.63, 3.8) is 0 Å². The fourth-order valence-corrected chi connectivity index (χ4v) is 5.45. The summed E-state index contributed by atoms with van der Waals surface area (Å²) in [6.45, 7) is 0. The van der Waals surface area contributed by atoms with Crippen molar-refractivity contribution in [2.24, 2.45) is 0 Å². The SMILES string of the molecule is Clc1ccccc1-c1nc2scc(C3=CC=CCC3)n2c1NC1CCCCC1. The van der Waals surface area contributed by atoms with E-state index in [-0.39, 0.29) is 0 Å². The Morgan fingerprint density at radius 3 is 2.79 bits per heavy atom. The van der Waals surface area contributed by atoms with E-state index in [1.165, 1.54) is 43.4 Å². The van der Waals surface area contributed by atoms with Crippen LogP contribution in [0.5, 0.6) is 0 Å². The number of nitrogens with one attached hydrogen (secondary N) is 1. The fraction of sp³-hybridized carbons (Fsp3) is 0.348. The standard InChI is InChI=1S/C23H24ClN3S/c24-19-14-8-7-13-18(19)21-22(25-17-11-5-2-6-12-17)27-20(15-28-23(27)26-21)16-9-3-1-4-10-16/h1,3,7-9,13-15,17,25H,2,4-6,10-12H2. The normalized spacial score (nSPS) is 17.8. The lowest BCUT2D eigenvalue weighted by Gasteiger charge is -2.24. The molecule has 28 heavy (non-hydrogen) atoms. The van der Waals surface area contributed by atoms with Gasteiger partial charge in [0.15, 0.2) is 4.96 Å². The van der Waals surface area contributed by atoms with Crippen LogP contribution in [-0.4, -0.2) is 15.4 Å². The average molecular weight is 410 g/mol. The molecular weight excluding hydrogens is 386 g/mol. The number of rotatable bonds is 4. The number of anilines is 1. The number of imidazole rings is 1. The van der Waals surface area contributed by atoms with E-state index in [1.54, 1.807) is 11.3 Å². The van der Waals surface area contributed by atoms with Crippen molar-refractivity contribution in [2.75, 3.05) is 5.32 Å². The molecule has 0 spiro atoms. The van der Waals surface area contributed by atoms with Crippen LogP contribution in [0.3, 0.4) is 0 Å². The first-order valence-corrected chi connectivity index (χ1v) is 11.4. The number of benzene rings is 1. The second-order valence-corrected chi connectivity index (χ2v) is 8.91. The summed E-state index contributed by atoms with van der Waals surface area (Å²) in [4.78, 5) is 6.04. The lowest BCUT2D eigenvalue weighted by molar-refractivity contribution is 0.461. The number of aromatic nitrogens is 2. The third-order valence-electron chi connectivity index (χ3n) is 5.78. The van der Waals surface area contributed by atoms with Gasteiger partial charge in [-0.2, -0.15) is 0 Å². The molecule has 0 aliphatic heterocycles. The molecule has 5 rings (SSSR count). The maximum Gasteiger partial charge on any atom is 0.196 e. The van der Waals surface area contributed by atoms with Gasteiger partial charge in [0.1, 0.15) is 11.5 Å². The quantitative estimate of drug-likeness (QED) is 0.493. The zero-order valence-corrected chi connectivity index (χ0v) is 17.4. The number of halogens is 1. The third kappa shape index (κ3) is 3.29. The van der Waals surface area contributed by atoms with E-state index in [1.807, 2.05) is 18.2 Å². The van der Waals surface area contributed by atoms with E-state index in [9.17, 15) is 0 Å². The van der Waals surface area contributed by atoms with E-state index in [4.69, 9.17) is 16.6 Å². The zero-order chi connectivity index (χ0) is 18.9. The van der Waals surface area contributed by atoms with E-state index < -0.39 is 0 Å². The Labute approximate surface area is 174 Å². The highest BCUT2D eigenvalue weighted by Gasteiger charge is 2.24. The van der Waals surface area contributed by atoms with Gasteiger partial charge in [0, 0.05) is 17.0 Å². The van der Waals surface area contributed by atoms with E-state index in [0.29, 0.717) is 6.04 Å². The molecule has 0 bridgehead atoms. The topological polar surface area (TPSA) is 29.3 Å². The molecule has 3 nitrogen and oxygen atoms in total. The first-order valence-electron chi connectivity index (χ1n) is 10.2. The number of thiazole rings is 1. The van der Waals surface area contributed by atoms with Crippen molar-refractivity contribution in [1.82, 2.24) is 9.38 Å². The molecule has 2 heterocycles. The molecule has 5 heteroatoms. The van der Waals surface area contributed by atoms with Gasteiger partial charge in [-0.1, -0.05) is 67.3 Å². The van der Waals surface area contributed by atoms with Gasteiger partial charge in [-0.25, -0.2) is 4.98 Å². The molecule has 0 radical (unpaired) electrons. The predicted octanol–water partition coefficient (Wildman–Crippen LogP) is 7.19. The number of fused-ring (bicyclic) bond motifs is 1. The van der Waals surface area contributed by atoms with Crippen molar-refractivity contribution in [3.8, 4) is 11.3 Å². The molecule has 1 N–H and O–H groups in total. The molecular formula is C23H24ClN3S. The highest BCUT2D eigenvalue weighted by atomic mass is 35.5. The second kappa shape index (κ2) is 7.76. The Balaban J connectivity index is 1.67. The summed E-state index contributed by atoms with van der Waals surface area (Å²) in [6, 6.07) is 8.54. The van der Waals surface area contributed by atoms with E-state index in [2.05, 4.69) is 39.4 Å². The molecule has 2 aliphatic carbocycles. The van der Waals surface area contributed by atoms with Crippen LogP contribution in [0.2, 0.25) is 5.02 Å². The van der Waals surface area contributed by atoms with Crippen molar-refractivity contribution in [1.29, 1.82) is 0 Å². The molecule has 0 saturated heterocycles. The molecule has 2 aliphatic rings. The average Bonchev–Trinajstić information content (AvgIpc) is 3.30. The van der Waals surface area contributed by atoms with Gasteiger partial charge in [0.05, 0.1) is 10.7 Å². The predicted molar refractivity (Wildman–Crippen MR) is 120 cm³/mol. The maximum absolute atomic E-state index is 6.56. The van der Waals surface area contributed by atoms with Crippen LogP contribution < -0.4 is 5.32 Å². The molecule has 1 saturated carbocycles. The minimum Gasteiger partial charge on any atom is -0.367 e. The highest BCUT2D eigenvalue weighted by molar-refractivity contribution is 7.15. The Morgan fingerprint density at radius 2 is 2.00 bits per heavy atom. The Morgan fingerprint density at radius 1 is 1.14 bits per heavy atom. The highest BCUT2D eigenvalue weighted by Crippen LogP contribution is 2.39. The van der Waals surface area contributed by atoms with Crippen molar-refractivity contribution in [3.05, 3.63) is 58.6 Å². The molecule has 0 unspecified atom stereocenters. The van der Waals surface area contributed by atoms with Gasteiger partial charge in [0.25, 0.3) is 0 Å². The smallest absolute Gasteiger partial charge is 0.196 e. The van der Waals surface area contributed by atoms with Gasteiger partial charge < -0.3 is 5.32 Å². The second-order valence-electron chi connectivity index (χ2n) is 7.67. The van der Waals surface area contributed by atoms with Crippen LogP contribution >= 0.6 is 22.9 Å². The van der Waals surface area contributed by atoms with E-state index in [0.717, 1.165) is 39.9 Å². The molecule has 144 valence electrons. The van der Waals surface area contributed by atoms with Gasteiger partial charge in [-0.3, -0.25) is 4.40 Å². The fourth-order valence-electron chi connectivity index (χ4n) is 4.31. The maximum atomic E-state index is 6.56. The first-order chi connectivity index (χ1) is 13.8. The first kappa shape index (κ1) is 18.0. The number of hydrogen-bond donors (Lipinski definition) is 1. The summed E-state index contributed by atoms with van der Waals surface area (Å²) < 4.78 is 2.32. The summed E-state index contributed by atoms with van der Waals surface area (Å²) in [6.07, 6.45) is 15.2. The molecule has 0 atom stereocenters. The largest absolute Gasteiger partial charge is 0.367 e. The van der Waals surface area contributed by atoms with Crippen LogP contribution in [0.25, 0.3) is 21.8 Å². The van der Waals surface area contributed by atoms with Gasteiger partial charge in [-0.15, -0.1) is 11.3 Å². The monoisotopic (exact) mass is 409 g/mol. The Kier molecular flexibility index (Phi) is 5.00. The minimum absolute atomic E-state index is 0.503. The molecule has 3 aromatic rings. The lowest BCUT2D eigenvalue weighted by Crippen LogP contribution is -2.23. The summed E-state index contributed by atoms with van der Waals surface area (Å²) >= 11 is 8.27. The third-order valence-corrected chi connectivity index (χ3v) is 6.94. The molecule has 2 aromatic heterocycles. The Bertz CT molecular complexity index is 1050. The zero-order valence-electron chi connectivity index (χ0n) is 15.8. The number of nitrogens with zero attached hydrogens (tertiary/aromatic N) is 2. The van der Waals surface area contributed by atoms with Crippen molar-refractivity contribution >= 4 is 39.3 Å². The van der Waals surface area contributed by atoms with Gasteiger partial charge in [-0.05, 0) is 37.3 Å². The summed E-state index contributed by atoms with van der Waals surface area (Å²) in [7, 11) is 0. The Hall–Kier alpha value is -2.04. The van der Waals surface area contributed by atoms with Crippen LogP contribution in [0.1, 0.15) is 50.6 Å². The van der Waals surface area contributed by atoms with Crippen molar-refractivity contribution in [2.45, 2.75) is 51.0 Å². The minimum atomic E-state index is 0.503. The van der Waals surface area contributed by atoms with Gasteiger partial charge >= 0.3 is 0 Å². The molecule has 1 fully saturated rings. The van der Waals surface area contributed by atoms with Crippen LogP contribution in [-0.2, 0) is 0 Å². The van der Waals surface area contributed by atoms with Crippen LogP contribution in [0.4, 0.5) is 5.82 Å². The molecule has 0 amide bonds. The summed E-state index contributed by atoms with van der Waals surface area (Å²) in [5.41, 5.74) is 4.61. The van der Waals surface area contributed by atoms with Crippen LogP contribution in [0, 0.1) is 0 Å². The number of allylic oxidation sites excluding steroid dienone is 4. The summed E-state index contributed by atoms with van der Waals surface area (Å²) in [5.74, 6) is 1.10. The van der Waals surface area contributed by atoms with Crippen LogP contribution in [0.15, 0.2) is 47.9 Å². The molecule has 1 aromatic carbocycles.